The van der Waals surface area contributed by atoms with Gasteiger partial charge in [-0.15, -0.1) is 5.10 Å². The van der Waals surface area contributed by atoms with E-state index in [2.05, 4.69) is 21.4 Å². The van der Waals surface area contributed by atoms with Gasteiger partial charge in [0.1, 0.15) is 0 Å². The standard InChI is InChI=1S/C30H43N3O4S2/c1-2-3-4-5-6-7-8-9-10-11-12-13-14-17-23-33-27-21-15-16-22-28(27)38-30(33)31-32-39(36,37)26-20-18-19-25(24-26)29(34)35/h15-16,18-22,24,32H,2-14,17,23H2,1H3,(H,34,35)/b31-30-. The molecule has 3 aromatic rings. The smallest absolute Gasteiger partial charge is 0.335 e. The molecular formula is C30H43N3O4S2. The number of para-hydroxylation sites is 1. The summed E-state index contributed by atoms with van der Waals surface area (Å²) >= 11 is 1.43. The third kappa shape index (κ3) is 10.1. The minimum absolute atomic E-state index is 0.0902. The number of hydrogen-bond donors (Lipinski definition) is 2. The van der Waals surface area contributed by atoms with Crippen molar-refractivity contribution in [2.45, 2.75) is 108 Å². The maximum absolute atomic E-state index is 12.8. The Hall–Kier alpha value is -2.65. The highest BCUT2D eigenvalue weighted by Gasteiger charge is 2.16. The lowest BCUT2D eigenvalue weighted by Gasteiger charge is -2.07. The van der Waals surface area contributed by atoms with Crippen molar-refractivity contribution < 1.29 is 18.3 Å². The summed E-state index contributed by atoms with van der Waals surface area (Å²) < 4.78 is 28.7. The Morgan fingerprint density at radius 3 is 2.05 bits per heavy atom. The monoisotopic (exact) mass is 573 g/mol. The van der Waals surface area contributed by atoms with Crippen LogP contribution in [-0.4, -0.2) is 24.1 Å². The van der Waals surface area contributed by atoms with Gasteiger partial charge in [-0.2, -0.15) is 13.2 Å². The van der Waals surface area contributed by atoms with E-state index in [1.165, 1.54) is 107 Å². The number of carboxylic acid groups (broad SMARTS) is 1. The summed E-state index contributed by atoms with van der Waals surface area (Å²) in [7, 11) is -4.01. The lowest BCUT2D eigenvalue weighted by Crippen LogP contribution is -2.25. The number of fused-ring (bicyclic) bond motifs is 1. The molecular weight excluding hydrogens is 530 g/mol. The number of aromatic carboxylic acids is 1. The van der Waals surface area contributed by atoms with Gasteiger partial charge in [-0.1, -0.05) is 120 Å². The summed E-state index contributed by atoms with van der Waals surface area (Å²) in [6.07, 6.45) is 18.2. The van der Waals surface area contributed by atoms with Crippen LogP contribution in [0.5, 0.6) is 0 Å². The van der Waals surface area contributed by atoms with E-state index in [-0.39, 0.29) is 10.5 Å². The molecule has 0 saturated heterocycles. The van der Waals surface area contributed by atoms with E-state index in [9.17, 15) is 18.3 Å². The van der Waals surface area contributed by atoms with E-state index in [0.717, 1.165) is 35.7 Å². The van der Waals surface area contributed by atoms with Crippen LogP contribution in [0, 0.1) is 0 Å². The maximum atomic E-state index is 12.8. The molecule has 0 saturated carbocycles. The normalized spacial score (nSPS) is 12.3. The molecule has 214 valence electrons. The molecule has 0 atom stereocenters. The number of nitrogens with one attached hydrogen (secondary N) is 1. The first-order chi connectivity index (χ1) is 18.9. The number of thiazole rings is 1. The highest BCUT2D eigenvalue weighted by Crippen LogP contribution is 2.19. The van der Waals surface area contributed by atoms with Crippen LogP contribution >= 0.6 is 11.3 Å². The summed E-state index contributed by atoms with van der Waals surface area (Å²) in [5, 5.41) is 13.4. The highest BCUT2D eigenvalue weighted by molar-refractivity contribution is 7.89. The molecule has 0 fully saturated rings. The lowest BCUT2D eigenvalue weighted by molar-refractivity contribution is 0.0696. The van der Waals surface area contributed by atoms with Crippen molar-refractivity contribution in [3.05, 3.63) is 58.9 Å². The third-order valence-electron chi connectivity index (χ3n) is 6.98. The van der Waals surface area contributed by atoms with Crippen LogP contribution < -0.4 is 9.63 Å². The summed E-state index contributed by atoms with van der Waals surface area (Å²) in [4.78, 5) is 14.0. The van der Waals surface area contributed by atoms with Gasteiger partial charge < -0.3 is 9.67 Å². The van der Waals surface area contributed by atoms with E-state index in [4.69, 9.17) is 0 Å². The zero-order valence-electron chi connectivity index (χ0n) is 23.1. The van der Waals surface area contributed by atoms with Gasteiger partial charge >= 0.3 is 5.97 Å². The Morgan fingerprint density at radius 1 is 0.846 bits per heavy atom. The molecule has 3 rings (SSSR count). The zero-order valence-corrected chi connectivity index (χ0v) is 24.7. The van der Waals surface area contributed by atoms with Gasteiger partial charge in [-0.3, -0.25) is 0 Å². The number of rotatable bonds is 19. The van der Waals surface area contributed by atoms with E-state index in [0.29, 0.717) is 4.80 Å². The fourth-order valence-corrected chi connectivity index (χ4v) is 6.66. The van der Waals surface area contributed by atoms with E-state index in [1.54, 1.807) is 0 Å². The molecule has 9 heteroatoms. The highest BCUT2D eigenvalue weighted by atomic mass is 32.2. The summed E-state index contributed by atoms with van der Waals surface area (Å²) in [6.45, 7) is 3.02. The molecule has 1 heterocycles. The van der Waals surface area contributed by atoms with Crippen molar-refractivity contribution >= 4 is 37.5 Å². The van der Waals surface area contributed by atoms with Crippen LogP contribution in [0.2, 0.25) is 0 Å². The molecule has 0 radical (unpaired) electrons. The Morgan fingerprint density at radius 2 is 1.44 bits per heavy atom. The number of carboxylic acids is 1. The molecule has 0 aliphatic carbocycles. The second-order valence-corrected chi connectivity index (χ2v) is 12.8. The molecule has 0 aliphatic heterocycles. The first kappa shape index (κ1) is 30.9. The van der Waals surface area contributed by atoms with Crippen molar-refractivity contribution in [2.75, 3.05) is 0 Å². The zero-order chi connectivity index (χ0) is 27.9. The number of unbranched alkanes of at least 4 members (excludes halogenated alkanes) is 13. The van der Waals surface area contributed by atoms with Gasteiger partial charge in [0.15, 0.2) is 0 Å². The number of aromatic nitrogens is 1. The molecule has 39 heavy (non-hydrogen) atoms. The fourth-order valence-electron chi connectivity index (χ4n) is 4.73. The molecule has 0 spiro atoms. The predicted molar refractivity (Wildman–Crippen MR) is 159 cm³/mol. The van der Waals surface area contributed by atoms with Crippen LogP contribution in [-0.2, 0) is 16.6 Å². The van der Waals surface area contributed by atoms with Gasteiger partial charge in [0.2, 0.25) is 4.80 Å². The third-order valence-corrected chi connectivity index (χ3v) is 9.24. The van der Waals surface area contributed by atoms with Crippen LogP contribution in [0.25, 0.3) is 10.2 Å². The Bertz CT molecular complexity index is 1350. The van der Waals surface area contributed by atoms with Crippen LogP contribution in [0.1, 0.15) is 107 Å². The summed E-state index contributed by atoms with van der Waals surface area (Å²) in [5.41, 5.74) is 0.940. The number of nitrogens with zero attached hydrogens (tertiary/aromatic N) is 2. The Balaban J connectivity index is 1.48. The van der Waals surface area contributed by atoms with Crippen LogP contribution in [0.3, 0.4) is 0 Å². The molecule has 0 amide bonds. The first-order valence-corrected chi connectivity index (χ1v) is 16.7. The van der Waals surface area contributed by atoms with Gasteiger partial charge in [-0.05, 0) is 36.8 Å². The Kier molecular flexibility index (Phi) is 13.0. The van der Waals surface area contributed by atoms with E-state index in [1.807, 2.05) is 24.3 Å². The molecule has 2 N–H and O–H groups in total. The predicted octanol–water partition coefficient (Wildman–Crippen LogP) is 7.68. The van der Waals surface area contributed by atoms with Gasteiger partial charge in [-0.25, -0.2) is 4.79 Å². The van der Waals surface area contributed by atoms with Crippen molar-refractivity contribution in [3.63, 3.8) is 0 Å². The van der Waals surface area contributed by atoms with Gasteiger partial charge in [0.25, 0.3) is 10.0 Å². The second-order valence-electron chi connectivity index (χ2n) is 10.1. The second kappa shape index (κ2) is 16.5. The lowest BCUT2D eigenvalue weighted by atomic mass is 10.0. The molecule has 2 aromatic carbocycles. The quantitative estimate of drug-likeness (QED) is 0.113. The number of carbonyl (C=O) groups is 1. The number of aryl methyl sites for hydroxylation is 1. The van der Waals surface area contributed by atoms with Crippen molar-refractivity contribution in [2.24, 2.45) is 5.10 Å². The van der Waals surface area contributed by atoms with Crippen molar-refractivity contribution in [3.8, 4) is 0 Å². The number of sulfonamides is 1. The summed E-state index contributed by atoms with van der Waals surface area (Å²) in [5.74, 6) is -1.18. The average Bonchev–Trinajstić information content (AvgIpc) is 3.29. The average molecular weight is 574 g/mol. The fraction of sp³-hybridized carbons (Fsp3) is 0.533. The molecule has 0 aliphatic rings. The number of hydrogen-bond acceptors (Lipinski definition) is 5. The minimum Gasteiger partial charge on any atom is -0.478 e. The molecule has 7 nitrogen and oxygen atoms in total. The maximum Gasteiger partial charge on any atom is 0.335 e. The largest absolute Gasteiger partial charge is 0.478 e. The van der Waals surface area contributed by atoms with Crippen LogP contribution in [0.15, 0.2) is 58.5 Å². The van der Waals surface area contributed by atoms with Crippen molar-refractivity contribution in [1.82, 2.24) is 9.40 Å². The van der Waals surface area contributed by atoms with E-state index >= 15 is 0 Å². The summed E-state index contributed by atoms with van der Waals surface area (Å²) in [6, 6.07) is 13.2. The SMILES string of the molecule is CCCCCCCCCCCCCCCCn1/c(=N/NS(=O)(=O)c2cccc(C(=O)O)c2)sc2ccccc21. The van der Waals surface area contributed by atoms with Gasteiger partial charge in [0.05, 0.1) is 20.7 Å². The van der Waals surface area contributed by atoms with Gasteiger partial charge in [0, 0.05) is 6.54 Å². The topological polar surface area (TPSA) is 101 Å². The molecule has 1 aromatic heterocycles. The molecule has 0 bridgehead atoms. The van der Waals surface area contributed by atoms with E-state index < -0.39 is 16.0 Å². The number of benzene rings is 2. The van der Waals surface area contributed by atoms with Crippen molar-refractivity contribution in [1.29, 1.82) is 0 Å². The molecule has 0 unspecified atom stereocenters. The minimum atomic E-state index is -4.01. The van der Waals surface area contributed by atoms with Crippen LogP contribution in [0.4, 0.5) is 0 Å². The Labute approximate surface area is 237 Å². The first-order valence-electron chi connectivity index (χ1n) is 14.4.